The number of likely N-dealkylation sites (tertiary alicyclic amines) is 1. The predicted molar refractivity (Wildman–Crippen MR) is 63.6 cm³/mol. The number of amides is 3. The Morgan fingerprint density at radius 1 is 1.39 bits per heavy atom. The molecule has 0 bridgehead atoms. The van der Waals surface area contributed by atoms with Gasteiger partial charge in [-0.1, -0.05) is 0 Å². The topological polar surface area (TPSA) is 90.5 Å². The molecule has 0 aromatic heterocycles. The monoisotopic (exact) mass is 254 g/mol. The molecule has 2 atom stereocenters. The summed E-state index contributed by atoms with van der Waals surface area (Å²) in [6.07, 6.45) is 0.678. The van der Waals surface area contributed by atoms with Crippen molar-refractivity contribution < 1.29 is 14.4 Å². The molecular formula is C11H18N4O3. The van der Waals surface area contributed by atoms with E-state index in [-0.39, 0.29) is 23.8 Å². The average Bonchev–Trinajstić information content (AvgIpc) is 2.40. The lowest BCUT2D eigenvalue weighted by Gasteiger charge is -2.30. The number of carbonyl (C=O) groups excluding carboxylic acids is 3. The highest BCUT2D eigenvalue weighted by Gasteiger charge is 2.34. The summed E-state index contributed by atoms with van der Waals surface area (Å²) in [5, 5.41) is 8.89. The second kappa shape index (κ2) is 5.45. The molecule has 3 N–H and O–H groups in total. The van der Waals surface area contributed by atoms with Crippen LogP contribution < -0.4 is 16.0 Å². The molecule has 2 saturated heterocycles. The molecule has 2 heterocycles. The molecule has 0 aliphatic carbocycles. The fourth-order valence-corrected chi connectivity index (χ4v) is 2.16. The van der Waals surface area contributed by atoms with Crippen molar-refractivity contribution in [3.8, 4) is 0 Å². The van der Waals surface area contributed by atoms with Crippen molar-refractivity contribution in [1.82, 2.24) is 20.9 Å². The van der Waals surface area contributed by atoms with Crippen LogP contribution in [0.5, 0.6) is 0 Å². The van der Waals surface area contributed by atoms with Crippen LogP contribution in [0.2, 0.25) is 0 Å². The number of nitrogens with one attached hydrogen (secondary N) is 3. The van der Waals surface area contributed by atoms with E-state index in [4.69, 9.17) is 0 Å². The third-order valence-electron chi connectivity index (χ3n) is 3.32. The highest BCUT2D eigenvalue weighted by atomic mass is 16.2. The van der Waals surface area contributed by atoms with Crippen LogP contribution in [0.1, 0.15) is 12.8 Å². The molecule has 2 fully saturated rings. The Balaban J connectivity index is 1.90. The number of piperidine rings is 1. The van der Waals surface area contributed by atoms with E-state index >= 15 is 0 Å². The summed E-state index contributed by atoms with van der Waals surface area (Å²) in [7, 11) is 1.45. The predicted octanol–water partition coefficient (Wildman–Crippen LogP) is -2.19. The minimum atomic E-state index is -0.580. The van der Waals surface area contributed by atoms with Crippen LogP contribution in [0.4, 0.5) is 0 Å². The Morgan fingerprint density at radius 3 is 2.83 bits per heavy atom. The standard InChI is InChI=1S/C11H18N4O3/c1-15-9(16)3-2-7(11(15)18)14-10(17)8-6-12-4-5-13-8/h7-8,12-13H,2-6H2,1H3,(H,14,17). The summed E-state index contributed by atoms with van der Waals surface area (Å²) in [5.74, 6) is -0.713. The normalized spacial score (nSPS) is 29.3. The molecule has 2 rings (SSSR count). The van der Waals surface area contributed by atoms with Crippen molar-refractivity contribution in [2.24, 2.45) is 0 Å². The molecule has 0 aromatic rings. The Kier molecular flexibility index (Phi) is 3.93. The van der Waals surface area contributed by atoms with Crippen LogP contribution >= 0.6 is 0 Å². The molecule has 0 saturated carbocycles. The van der Waals surface area contributed by atoms with Gasteiger partial charge in [0, 0.05) is 33.1 Å². The number of hydrogen-bond acceptors (Lipinski definition) is 5. The Labute approximate surface area is 105 Å². The summed E-state index contributed by atoms with van der Waals surface area (Å²) < 4.78 is 0. The summed E-state index contributed by atoms with van der Waals surface area (Å²) in [6, 6.07) is -0.890. The van der Waals surface area contributed by atoms with Gasteiger partial charge in [-0.05, 0) is 6.42 Å². The maximum Gasteiger partial charge on any atom is 0.251 e. The van der Waals surface area contributed by atoms with Crippen molar-refractivity contribution >= 4 is 17.7 Å². The first-order valence-electron chi connectivity index (χ1n) is 6.14. The number of carbonyl (C=O) groups is 3. The zero-order valence-corrected chi connectivity index (χ0v) is 10.4. The smallest absolute Gasteiger partial charge is 0.251 e. The molecule has 3 amide bonds. The zero-order chi connectivity index (χ0) is 13.1. The maximum absolute atomic E-state index is 11.9. The lowest BCUT2D eigenvalue weighted by atomic mass is 10.0. The Morgan fingerprint density at radius 2 is 2.17 bits per heavy atom. The Hall–Kier alpha value is -1.47. The molecule has 100 valence electrons. The van der Waals surface area contributed by atoms with Gasteiger partial charge in [-0.3, -0.25) is 19.3 Å². The van der Waals surface area contributed by atoms with Gasteiger partial charge in [0.1, 0.15) is 6.04 Å². The average molecular weight is 254 g/mol. The van der Waals surface area contributed by atoms with Crippen LogP contribution in [0, 0.1) is 0 Å². The largest absolute Gasteiger partial charge is 0.343 e. The zero-order valence-electron chi connectivity index (χ0n) is 10.4. The van der Waals surface area contributed by atoms with E-state index in [9.17, 15) is 14.4 Å². The molecule has 0 aromatic carbocycles. The lowest BCUT2D eigenvalue weighted by Crippen LogP contribution is -2.60. The second-order valence-corrected chi connectivity index (χ2v) is 4.60. The number of hydrogen-bond donors (Lipinski definition) is 3. The molecule has 0 spiro atoms. The van der Waals surface area contributed by atoms with E-state index in [0.717, 1.165) is 18.0 Å². The van der Waals surface area contributed by atoms with Crippen LogP contribution in [0.3, 0.4) is 0 Å². The molecule has 18 heavy (non-hydrogen) atoms. The number of nitrogens with zero attached hydrogens (tertiary/aromatic N) is 1. The quantitative estimate of drug-likeness (QED) is 0.487. The van der Waals surface area contributed by atoms with E-state index in [1.165, 1.54) is 7.05 Å². The van der Waals surface area contributed by atoms with Gasteiger partial charge in [0.25, 0.3) is 5.91 Å². The first-order chi connectivity index (χ1) is 8.59. The van der Waals surface area contributed by atoms with Crippen LogP contribution in [0.15, 0.2) is 0 Å². The van der Waals surface area contributed by atoms with Gasteiger partial charge in [0.05, 0.1) is 6.04 Å². The van der Waals surface area contributed by atoms with E-state index in [1.54, 1.807) is 0 Å². The molecule has 7 heteroatoms. The third-order valence-corrected chi connectivity index (χ3v) is 3.32. The van der Waals surface area contributed by atoms with Gasteiger partial charge in [0.15, 0.2) is 0 Å². The van der Waals surface area contributed by atoms with Gasteiger partial charge in [-0.25, -0.2) is 0 Å². The number of likely N-dealkylation sites (N-methyl/N-ethyl adjacent to an activating group) is 1. The molecule has 2 aliphatic heterocycles. The van der Waals surface area contributed by atoms with Gasteiger partial charge in [-0.2, -0.15) is 0 Å². The molecule has 2 aliphatic rings. The molecule has 2 unspecified atom stereocenters. The SMILES string of the molecule is CN1C(=O)CCC(NC(=O)C2CNCCN2)C1=O. The molecule has 0 radical (unpaired) electrons. The number of piperazine rings is 1. The van der Waals surface area contributed by atoms with Crippen molar-refractivity contribution in [2.45, 2.75) is 24.9 Å². The molecule has 7 nitrogen and oxygen atoms in total. The van der Waals surface area contributed by atoms with Crippen LogP contribution in [-0.4, -0.2) is 61.4 Å². The summed E-state index contributed by atoms with van der Waals surface area (Å²) in [5.41, 5.74) is 0. The van der Waals surface area contributed by atoms with Gasteiger partial charge >= 0.3 is 0 Å². The number of rotatable bonds is 2. The van der Waals surface area contributed by atoms with Crippen molar-refractivity contribution in [1.29, 1.82) is 0 Å². The summed E-state index contributed by atoms with van der Waals surface area (Å²) >= 11 is 0. The fraction of sp³-hybridized carbons (Fsp3) is 0.727. The summed E-state index contributed by atoms with van der Waals surface area (Å²) in [6.45, 7) is 2.12. The van der Waals surface area contributed by atoms with E-state index < -0.39 is 6.04 Å². The van der Waals surface area contributed by atoms with Crippen molar-refractivity contribution in [3.63, 3.8) is 0 Å². The highest BCUT2D eigenvalue weighted by Crippen LogP contribution is 2.11. The minimum Gasteiger partial charge on any atom is -0.343 e. The van der Waals surface area contributed by atoms with Gasteiger partial charge in [0.2, 0.25) is 11.8 Å². The maximum atomic E-state index is 11.9. The van der Waals surface area contributed by atoms with Gasteiger partial charge in [-0.15, -0.1) is 0 Å². The first-order valence-corrected chi connectivity index (χ1v) is 6.14. The van der Waals surface area contributed by atoms with Crippen LogP contribution in [0.25, 0.3) is 0 Å². The van der Waals surface area contributed by atoms with E-state index in [0.29, 0.717) is 19.4 Å². The molecular weight excluding hydrogens is 236 g/mol. The van der Waals surface area contributed by atoms with Crippen molar-refractivity contribution in [3.05, 3.63) is 0 Å². The van der Waals surface area contributed by atoms with E-state index in [2.05, 4.69) is 16.0 Å². The second-order valence-electron chi connectivity index (χ2n) is 4.60. The Bertz CT molecular complexity index is 365. The summed E-state index contributed by atoms with van der Waals surface area (Å²) in [4.78, 5) is 36.1. The first kappa shape index (κ1) is 13.0. The van der Waals surface area contributed by atoms with Crippen molar-refractivity contribution in [2.75, 3.05) is 26.7 Å². The fourth-order valence-electron chi connectivity index (χ4n) is 2.16. The minimum absolute atomic E-state index is 0.191. The third kappa shape index (κ3) is 2.68. The van der Waals surface area contributed by atoms with Crippen LogP contribution in [-0.2, 0) is 14.4 Å². The highest BCUT2D eigenvalue weighted by molar-refractivity contribution is 6.01. The van der Waals surface area contributed by atoms with Gasteiger partial charge < -0.3 is 16.0 Å². The van der Waals surface area contributed by atoms with E-state index in [1.807, 2.05) is 0 Å². The lowest BCUT2D eigenvalue weighted by molar-refractivity contribution is -0.149. The number of imide groups is 1.